The molecule has 108 valence electrons. The van der Waals surface area contributed by atoms with Gasteiger partial charge < -0.3 is 4.74 Å². The molecular formula is C16H15ClN2O2. The van der Waals surface area contributed by atoms with Crippen LogP contribution >= 0.6 is 11.6 Å². The summed E-state index contributed by atoms with van der Waals surface area (Å²) in [6.45, 7) is 5.66. The lowest BCUT2D eigenvalue weighted by molar-refractivity contribution is -0.145. The lowest BCUT2D eigenvalue weighted by Gasteiger charge is -2.25. The predicted molar refractivity (Wildman–Crippen MR) is 80.9 cm³/mol. The summed E-state index contributed by atoms with van der Waals surface area (Å²) < 4.78 is 7.27. The number of benzene rings is 1. The molecule has 0 bridgehead atoms. The van der Waals surface area contributed by atoms with Gasteiger partial charge in [0, 0.05) is 41.4 Å². The molecule has 5 heteroatoms. The van der Waals surface area contributed by atoms with E-state index in [0.717, 1.165) is 16.7 Å². The van der Waals surface area contributed by atoms with E-state index in [-0.39, 0.29) is 5.97 Å². The molecule has 0 radical (unpaired) electrons. The summed E-state index contributed by atoms with van der Waals surface area (Å²) >= 11 is 6.13. The van der Waals surface area contributed by atoms with Crippen molar-refractivity contribution >= 4 is 17.6 Å². The highest BCUT2D eigenvalue weighted by Gasteiger charge is 2.41. The summed E-state index contributed by atoms with van der Waals surface area (Å²) in [6, 6.07) is 5.57. The Morgan fingerprint density at radius 2 is 2.24 bits per heavy atom. The summed E-state index contributed by atoms with van der Waals surface area (Å²) in [5.74, 6) is -0.343. The molecule has 1 aromatic heterocycles. The largest absolute Gasteiger partial charge is 0.451 e. The fraction of sp³-hybridized carbons (Fsp3) is 0.250. The van der Waals surface area contributed by atoms with Crippen LogP contribution in [0.3, 0.4) is 0 Å². The quantitative estimate of drug-likeness (QED) is 0.630. The number of hydrogen-bond acceptors (Lipinski definition) is 3. The predicted octanol–water partition coefficient (Wildman–Crippen LogP) is 3.46. The molecule has 1 saturated heterocycles. The Bertz CT molecular complexity index is 732. The minimum atomic E-state index is -0.718. The van der Waals surface area contributed by atoms with Gasteiger partial charge in [0.1, 0.15) is 5.60 Å². The smallest absolute Gasteiger partial charge is 0.334 e. The number of carbonyl (C=O) groups is 1. The molecule has 2 aromatic rings. The van der Waals surface area contributed by atoms with Gasteiger partial charge in [0.2, 0.25) is 0 Å². The van der Waals surface area contributed by atoms with Gasteiger partial charge >= 0.3 is 5.97 Å². The minimum absolute atomic E-state index is 0.343. The third-order valence-corrected chi connectivity index (χ3v) is 3.96. The summed E-state index contributed by atoms with van der Waals surface area (Å²) in [5.41, 5.74) is 2.53. The van der Waals surface area contributed by atoms with E-state index in [4.69, 9.17) is 16.3 Å². The lowest BCUT2D eigenvalue weighted by atomic mass is 9.86. The Morgan fingerprint density at radius 3 is 2.81 bits per heavy atom. The molecule has 1 aliphatic rings. The van der Waals surface area contributed by atoms with E-state index in [0.29, 0.717) is 17.0 Å². The summed E-state index contributed by atoms with van der Waals surface area (Å²) in [7, 11) is 1.85. The Kier molecular flexibility index (Phi) is 3.14. The Morgan fingerprint density at radius 1 is 1.48 bits per heavy atom. The van der Waals surface area contributed by atoms with Crippen molar-refractivity contribution in [1.29, 1.82) is 0 Å². The van der Waals surface area contributed by atoms with Crippen molar-refractivity contribution in [1.82, 2.24) is 9.78 Å². The zero-order valence-electron chi connectivity index (χ0n) is 11.9. The van der Waals surface area contributed by atoms with E-state index in [2.05, 4.69) is 11.7 Å². The van der Waals surface area contributed by atoms with Gasteiger partial charge in [-0.3, -0.25) is 4.68 Å². The molecule has 1 atom stereocenters. The number of aryl methyl sites for hydroxylation is 1. The van der Waals surface area contributed by atoms with Gasteiger partial charge in [0.05, 0.1) is 6.20 Å². The Labute approximate surface area is 128 Å². The highest BCUT2D eigenvalue weighted by Crippen LogP contribution is 2.43. The fourth-order valence-corrected chi connectivity index (χ4v) is 2.89. The van der Waals surface area contributed by atoms with Crippen molar-refractivity contribution in [3.63, 3.8) is 0 Å². The van der Waals surface area contributed by atoms with Crippen molar-refractivity contribution in [3.8, 4) is 11.1 Å². The zero-order chi connectivity index (χ0) is 15.2. The van der Waals surface area contributed by atoms with Crippen LogP contribution in [0, 0.1) is 0 Å². The number of nitrogens with zero attached hydrogens (tertiary/aromatic N) is 2. The molecule has 0 saturated carbocycles. The maximum Gasteiger partial charge on any atom is 0.334 e. The average Bonchev–Trinajstić information content (AvgIpc) is 2.94. The summed E-state index contributed by atoms with van der Waals surface area (Å²) in [5, 5.41) is 4.82. The van der Waals surface area contributed by atoms with Crippen LogP contribution in [0.2, 0.25) is 5.02 Å². The van der Waals surface area contributed by atoms with Crippen LogP contribution in [0.1, 0.15) is 18.9 Å². The van der Waals surface area contributed by atoms with Crippen LogP contribution in [0.15, 0.2) is 42.7 Å². The zero-order valence-corrected chi connectivity index (χ0v) is 12.6. The standard InChI is InChI=1S/C16H15ClN2O2/c1-10-7-16(2,21-15(10)20)14-5-4-12(17)6-13(14)11-8-18-19(3)9-11/h4-6,8-9H,1,7H2,2-3H3/t16-/m1/s1. The third-order valence-electron chi connectivity index (χ3n) is 3.72. The second-order valence-electron chi connectivity index (χ2n) is 5.49. The number of aromatic nitrogens is 2. The number of ether oxygens (including phenoxy) is 1. The maximum atomic E-state index is 11.7. The molecule has 1 aromatic carbocycles. The first-order chi connectivity index (χ1) is 9.89. The Balaban J connectivity index is 2.15. The van der Waals surface area contributed by atoms with E-state index in [1.165, 1.54) is 0 Å². The number of hydrogen-bond donors (Lipinski definition) is 0. The molecule has 0 N–H and O–H groups in total. The monoisotopic (exact) mass is 302 g/mol. The van der Waals surface area contributed by atoms with Crippen molar-refractivity contribution in [2.24, 2.45) is 7.05 Å². The minimum Gasteiger partial charge on any atom is -0.451 e. The summed E-state index contributed by atoms with van der Waals surface area (Å²) in [4.78, 5) is 11.7. The molecule has 1 fully saturated rings. The van der Waals surface area contributed by atoms with E-state index in [1.807, 2.05) is 32.3 Å². The maximum absolute atomic E-state index is 11.7. The topological polar surface area (TPSA) is 44.1 Å². The van der Waals surface area contributed by atoms with E-state index in [1.54, 1.807) is 16.9 Å². The number of cyclic esters (lactones) is 1. The van der Waals surface area contributed by atoms with Gasteiger partial charge in [-0.25, -0.2) is 4.79 Å². The fourth-order valence-electron chi connectivity index (χ4n) is 2.72. The molecule has 3 rings (SSSR count). The first kappa shape index (κ1) is 13.9. The van der Waals surface area contributed by atoms with Crippen molar-refractivity contribution < 1.29 is 9.53 Å². The first-order valence-corrected chi connectivity index (χ1v) is 6.97. The molecule has 4 nitrogen and oxygen atoms in total. The number of rotatable bonds is 2. The van der Waals surface area contributed by atoms with E-state index >= 15 is 0 Å². The van der Waals surface area contributed by atoms with Crippen LogP contribution in [0.25, 0.3) is 11.1 Å². The molecular weight excluding hydrogens is 288 g/mol. The van der Waals surface area contributed by atoms with E-state index < -0.39 is 5.60 Å². The third kappa shape index (κ3) is 2.36. The van der Waals surface area contributed by atoms with Crippen molar-refractivity contribution in [3.05, 3.63) is 53.3 Å². The van der Waals surface area contributed by atoms with E-state index in [9.17, 15) is 4.79 Å². The molecule has 1 aliphatic heterocycles. The lowest BCUT2D eigenvalue weighted by Crippen LogP contribution is -2.21. The van der Waals surface area contributed by atoms with Crippen LogP contribution < -0.4 is 0 Å². The second kappa shape index (κ2) is 4.74. The van der Waals surface area contributed by atoms with Gasteiger partial charge in [0.25, 0.3) is 0 Å². The van der Waals surface area contributed by atoms with Crippen molar-refractivity contribution in [2.75, 3.05) is 0 Å². The van der Waals surface area contributed by atoms with Gasteiger partial charge in [-0.1, -0.05) is 24.2 Å². The van der Waals surface area contributed by atoms with Gasteiger partial charge in [-0.05, 0) is 24.6 Å². The normalized spacial score (nSPS) is 21.7. The molecule has 0 aliphatic carbocycles. The van der Waals surface area contributed by atoms with Gasteiger partial charge in [-0.2, -0.15) is 5.10 Å². The molecule has 0 unspecified atom stereocenters. The van der Waals surface area contributed by atoms with Crippen LogP contribution in [0.4, 0.5) is 0 Å². The van der Waals surface area contributed by atoms with Crippen LogP contribution in [-0.2, 0) is 22.2 Å². The molecule has 0 spiro atoms. The summed E-state index contributed by atoms with van der Waals surface area (Å²) in [6.07, 6.45) is 4.15. The molecule has 21 heavy (non-hydrogen) atoms. The number of carbonyl (C=O) groups excluding carboxylic acids is 1. The van der Waals surface area contributed by atoms with Crippen molar-refractivity contribution in [2.45, 2.75) is 18.9 Å². The second-order valence-corrected chi connectivity index (χ2v) is 5.93. The number of esters is 1. The van der Waals surface area contributed by atoms with Crippen LogP contribution in [-0.4, -0.2) is 15.7 Å². The first-order valence-electron chi connectivity index (χ1n) is 6.59. The Hall–Kier alpha value is -2.07. The molecule has 2 heterocycles. The average molecular weight is 303 g/mol. The van der Waals surface area contributed by atoms with Gasteiger partial charge in [-0.15, -0.1) is 0 Å². The van der Waals surface area contributed by atoms with Crippen LogP contribution in [0.5, 0.6) is 0 Å². The van der Waals surface area contributed by atoms with Gasteiger partial charge in [0.15, 0.2) is 0 Å². The SMILES string of the molecule is C=C1C[C@](C)(c2ccc(Cl)cc2-c2cnn(C)c2)OC1=O. The highest BCUT2D eigenvalue weighted by atomic mass is 35.5. The number of halogens is 1. The highest BCUT2D eigenvalue weighted by molar-refractivity contribution is 6.30. The molecule has 0 amide bonds.